The molecular formula is C13H16N2O3. The molecule has 96 valence electrons. The molecule has 1 aliphatic rings. The van der Waals surface area contributed by atoms with Crippen LogP contribution in [0.4, 0.5) is 5.69 Å². The molecule has 0 aromatic heterocycles. The molecule has 1 atom stereocenters. The van der Waals surface area contributed by atoms with Crippen molar-refractivity contribution in [3.05, 3.63) is 29.3 Å². The number of rotatable bonds is 3. The highest BCUT2D eigenvalue weighted by molar-refractivity contribution is 5.96. The molecule has 3 N–H and O–H groups in total. The molecule has 1 fully saturated rings. The van der Waals surface area contributed by atoms with Crippen molar-refractivity contribution in [2.75, 3.05) is 11.9 Å². The van der Waals surface area contributed by atoms with Gasteiger partial charge >= 0.3 is 5.97 Å². The highest BCUT2D eigenvalue weighted by Gasteiger charge is 2.22. The Morgan fingerprint density at radius 1 is 1.44 bits per heavy atom. The molecule has 1 aliphatic heterocycles. The van der Waals surface area contributed by atoms with Crippen molar-refractivity contribution in [1.29, 1.82) is 0 Å². The molecule has 0 bridgehead atoms. The molecule has 0 spiro atoms. The van der Waals surface area contributed by atoms with E-state index in [1.807, 2.05) is 0 Å². The molecule has 18 heavy (non-hydrogen) atoms. The summed E-state index contributed by atoms with van der Waals surface area (Å²) in [6.45, 7) is 2.59. The summed E-state index contributed by atoms with van der Waals surface area (Å²) in [7, 11) is 0. The van der Waals surface area contributed by atoms with Gasteiger partial charge in [0, 0.05) is 5.69 Å². The average molecular weight is 248 g/mol. The number of amides is 1. The highest BCUT2D eigenvalue weighted by atomic mass is 16.4. The summed E-state index contributed by atoms with van der Waals surface area (Å²) in [6.07, 6.45) is 1.85. The molecule has 5 nitrogen and oxygen atoms in total. The lowest BCUT2D eigenvalue weighted by Gasteiger charge is -2.12. The summed E-state index contributed by atoms with van der Waals surface area (Å²) in [4.78, 5) is 22.7. The van der Waals surface area contributed by atoms with Gasteiger partial charge in [0.2, 0.25) is 5.91 Å². The largest absolute Gasteiger partial charge is 0.478 e. The van der Waals surface area contributed by atoms with Gasteiger partial charge in [0.15, 0.2) is 0 Å². The first-order valence-corrected chi connectivity index (χ1v) is 5.96. The van der Waals surface area contributed by atoms with Crippen LogP contribution in [0.25, 0.3) is 0 Å². The average Bonchev–Trinajstić information content (AvgIpc) is 2.81. The first kappa shape index (κ1) is 12.6. The van der Waals surface area contributed by atoms with Crippen molar-refractivity contribution >= 4 is 17.6 Å². The van der Waals surface area contributed by atoms with E-state index < -0.39 is 5.97 Å². The van der Waals surface area contributed by atoms with Gasteiger partial charge in [-0.05, 0) is 50.1 Å². The molecular weight excluding hydrogens is 232 g/mol. The van der Waals surface area contributed by atoms with Crippen LogP contribution in [0.1, 0.15) is 28.8 Å². The molecule has 1 heterocycles. The van der Waals surface area contributed by atoms with Crippen LogP contribution in [0, 0.1) is 6.92 Å². The zero-order chi connectivity index (χ0) is 13.1. The number of benzene rings is 1. The predicted molar refractivity (Wildman–Crippen MR) is 67.8 cm³/mol. The third-order valence-corrected chi connectivity index (χ3v) is 3.10. The second kappa shape index (κ2) is 5.18. The first-order chi connectivity index (χ1) is 8.58. The minimum Gasteiger partial charge on any atom is -0.478 e. The van der Waals surface area contributed by atoms with Crippen LogP contribution in [0.5, 0.6) is 0 Å². The summed E-state index contributed by atoms with van der Waals surface area (Å²) < 4.78 is 0. The number of carbonyl (C=O) groups excluding carboxylic acids is 1. The van der Waals surface area contributed by atoms with Crippen molar-refractivity contribution < 1.29 is 14.7 Å². The zero-order valence-corrected chi connectivity index (χ0v) is 10.2. The Balaban J connectivity index is 2.07. The fourth-order valence-corrected chi connectivity index (χ4v) is 2.12. The third-order valence-electron chi connectivity index (χ3n) is 3.10. The summed E-state index contributed by atoms with van der Waals surface area (Å²) in [6, 6.07) is 4.67. The third kappa shape index (κ3) is 2.68. The van der Waals surface area contributed by atoms with Gasteiger partial charge in [-0.25, -0.2) is 4.79 Å². The molecule has 0 unspecified atom stereocenters. The minimum atomic E-state index is -0.956. The van der Waals surface area contributed by atoms with E-state index in [2.05, 4.69) is 10.6 Å². The van der Waals surface area contributed by atoms with Crippen molar-refractivity contribution in [2.24, 2.45) is 0 Å². The minimum absolute atomic E-state index is 0.0602. The van der Waals surface area contributed by atoms with Crippen molar-refractivity contribution in [1.82, 2.24) is 5.32 Å². The van der Waals surface area contributed by atoms with Crippen LogP contribution < -0.4 is 10.6 Å². The topological polar surface area (TPSA) is 78.4 Å². The van der Waals surface area contributed by atoms with E-state index in [4.69, 9.17) is 5.11 Å². The van der Waals surface area contributed by atoms with Gasteiger partial charge < -0.3 is 15.7 Å². The Hall–Kier alpha value is -1.88. The number of aromatic carboxylic acids is 1. The van der Waals surface area contributed by atoms with E-state index in [1.165, 1.54) is 6.07 Å². The van der Waals surface area contributed by atoms with Crippen LogP contribution in [-0.4, -0.2) is 29.6 Å². The van der Waals surface area contributed by atoms with Gasteiger partial charge in [-0.2, -0.15) is 0 Å². The number of carboxylic acids is 1. The summed E-state index contributed by atoms with van der Waals surface area (Å²) in [5.74, 6) is -1.02. The highest BCUT2D eigenvalue weighted by Crippen LogP contribution is 2.16. The van der Waals surface area contributed by atoms with E-state index in [0.717, 1.165) is 19.4 Å². The Bertz CT molecular complexity index is 479. The van der Waals surface area contributed by atoms with Crippen molar-refractivity contribution in [3.63, 3.8) is 0 Å². The maximum atomic E-state index is 11.9. The van der Waals surface area contributed by atoms with E-state index in [0.29, 0.717) is 11.3 Å². The van der Waals surface area contributed by atoms with Crippen LogP contribution in [-0.2, 0) is 4.79 Å². The van der Waals surface area contributed by atoms with E-state index in [-0.39, 0.29) is 17.5 Å². The number of anilines is 1. The lowest BCUT2D eigenvalue weighted by molar-refractivity contribution is -0.117. The number of aryl methyl sites for hydroxylation is 1. The maximum absolute atomic E-state index is 11.9. The SMILES string of the molecule is Cc1cc(NC(=O)[C@H]2CCCN2)ccc1C(=O)O. The van der Waals surface area contributed by atoms with Gasteiger partial charge in [-0.15, -0.1) is 0 Å². The standard InChI is InChI=1S/C13H16N2O3/c1-8-7-9(4-5-10(8)13(17)18)15-12(16)11-3-2-6-14-11/h4-5,7,11,14H,2-3,6H2,1H3,(H,15,16)(H,17,18)/t11-/m1/s1. The predicted octanol–water partition coefficient (Wildman–Crippen LogP) is 1.38. The second-order valence-corrected chi connectivity index (χ2v) is 4.47. The second-order valence-electron chi connectivity index (χ2n) is 4.47. The van der Waals surface area contributed by atoms with E-state index >= 15 is 0 Å². The number of hydrogen-bond donors (Lipinski definition) is 3. The lowest BCUT2D eigenvalue weighted by Crippen LogP contribution is -2.35. The molecule has 0 radical (unpaired) electrons. The Kier molecular flexibility index (Phi) is 3.62. The van der Waals surface area contributed by atoms with Gasteiger partial charge in [-0.1, -0.05) is 0 Å². The number of hydrogen-bond acceptors (Lipinski definition) is 3. The molecule has 2 rings (SSSR count). The summed E-state index contributed by atoms with van der Waals surface area (Å²) in [5.41, 5.74) is 1.53. The quantitative estimate of drug-likeness (QED) is 0.755. The van der Waals surface area contributed by atoms with Crippen LogP contribution in [0.15, 0.2) is 18.2 Å². The first-order valence-electron chi connectivity index (χ1n) is 5.96. The van der Waals surface area contributed by atoms with Crippen LogP contribution in [0.2, 0.25) is 0 Å². The Morgan fingerprint density at radius 2 is 2.22 bits per heavy atom. The van der Waals surface area contributed by atoms with Crippen molar-refractivity contribution in [2.45, 2.75) is 25.8 Å². The monoisotopic (exact) mass is 248 g/mol. The molecule has 5 heteroatoms. The fourth-order valence-electron chi connectivity index (χ4n) is 2.12. The van der Waals surface area contributed by atoms with Gasteiger partial charge in [0.1, 0.15) is 0 Å². The number of carboxylic acid groups (broad SMARTS) is 1. The molecule has 1 amide bonds. The smallest absolute Gasteiger partial charge is 0.335 e. The van der Waals surface area contributed by atoms with Gasteiger partial charge in [-0.3, -0.25) is 4.79 Å². The number of carbonyl (C=O) groups is 2. The number of nitrogens with one attached hydrogen (secondary N) is 2. The van der Waals surface area contributed by atoms with E-state index in [9.17, 15) is 9.59 Å². The molecule has 1 aromatic rings. The molecule has 1 aromatic carbocycles. The fraction of sp³-hybridized carbons (Fsp3) is 0.385. The maximum Gasteiger partial charge on any atom is 0.335 e. The molecule has 1 saturated heterocycles. The van der Waals surface area contributed by atoms with E-state index in [1.54, 1.807) is 19.1 Å². The zero-order valence-electron chi connectivity index (χ0n) is 10.2. The summed E-state index contributed by atoms with van der Waals surface area (Å²) in [5, 5.41) is 14.8. The van der Waals surface area contributed by atoms with Crippen LogP contribution in [0.3, 0.4) is 0 Å². The lowest BCUT2D eigenvalue weighted by atomic mass is 10.1. The Morgan fingerprint density at radius 3 is 2.78 bits per heavy atom. The normalized spacial score (nSPS) is 18.6. The van der Waals surface area contributed by atoms with Crippen LogP contribution >= 0.6 is 0 Å². The van der Waals surface area contributed by atoms with Gasteiger partial charge in [0.05, 0.1) is 11.6 Å². The van der Waals surface area contributed by atoms with Crippen molar-refractivity contribution in [3.8, 4) is 0 Å². The Labute approximate surface area is 105 Å². The molecule has 0 saturated carbocycles. The molecule has 0 aliphatic carbocycles. The summed E-state index contributed by atoms with van der Waals surface area (Å²) >= 11 is 0. The van der Waals surface area contributed by atoms with Gasteiger partial charge in [0.25, 0.3) is 0 Å².